The van der Waals surface area contributed by atoms with Crippen molar-refractivity contribution in [2.45, 2.75) is 140 Å². The van der Waals surface area contributed by atoms with E-state index in [2.05, 4.69) is 62.4 Å². The van der Waals surface area contributed by atoms with E-state index < -0.39 is 0 Å². The van der Waals surface area contributed by atoms with Crippen molar-refractivity contribution in [3.8, 4) is 0 Å². The number of unbranched alkanes of at least 4 members (excludes halogenated alkanes) is 4. The largest absolute Gasteiger partial charge is 0.289 e. The van der Waals surface area contributed by atoms with E-state index in [1.165, 1.54) is 127 Å². The Morgan fingerprint density at radius 1 is 0.556 bits per heavy atom. The highest BCUT2D eigenvalue weighted by Crippen LogP contribution is 2.45. The summed E-state index contributed by atoms with van der Waals surface area (Å²) in [7, 11) is 0. The monoisotopic (exact) mass is 486 g/mol. The minimum Gasteiger partial charge on any atom is -0.289 e. The highest BCUT2D eigenvalue weighted by molar-refractivity contribution is 6.09. The molecule has 0 bridgehead atoms. The van der Waals surface area contributed by atoms with Gasteiger partial charge in [-0.2, -0.15) is 0 Å². The quantitative estimate of drug-likeness (QED) is 0.215. The molecule has 0 N–H and O–H groups in total. The fraction of sp³-hybridized carbons (Fsp3) is 0.629. The van der Waals surface area contributed by atoms with Crippen LogP contribution in [0.15, 0.2) is 48.5 Å². The summed E-state index contributed by atoms with van der Waals surface area (Å²) in [4.78, 5) is 13.4. The molecule has 1 heteroatoms. The predicted octanol–water partition coefficient (Wildman–Crippen LogP) is 10.5. The molecule has 2 aromatic rings. The highest BCUT2D eigenvalue weighted by atomic mass is 16.1. The summed E-state index contributed by atoms with van der Waals surface area (Å²) in [5.74, 6) is 0.167. The standard InChI is InChI=1S/C35H50O/c1-3-5-9-23-34(25-11-7-12-26-34)31-19-15-29(16-20-31)33(36)30-17-21-32(22-18-30)35(24-10-6-4-2)27-13-8-14-28-35/h15-22H,3-14,23-28H2,1-2H3. The van der Waals surface area contributed by atoms with Crippen molar-refractivity contribution in [2.75, 3.05) is 0 Å². The Morgan fingerprint density at radius 3 is 1.25 bits per heavy atom. The van der Waals surface area contributed by atoms with Crippen LogP contribution in [0.2, 0.25) is 0 Å². The molecule has 1 nitrogen and oxygen atoms in total. The molecule has 2 aliphatic rings. The fourth-order valence-electron chi connectivity index (χ4n) is 7.37. The summed E-state index contributed by atoms with van der Waals surface area (Å²) in [6, 6.07) is 17.6. The topological polar surface area (TPSA) is 17.1 Å². The molecule has 36 heavy (non-hydrogen) atoms. The smallest absolute Gasteiger partial charge is 0.193 e. The summed E-state index contributed by atoms with van der Waals surface area (Å²) in [6.07, 6.45) is 23.8. The fourth-order valence-corrected chi connectivity index (χ4v) is 7.37. The van der Waals surface area contributed by atoms with Crippen molar-refractivity contribution in [1.82, 2.24) is 0 Å². The zero-order chi connectivity index (χ0) is 25.3. The summed E-state index contributed by atoms with van der Waals surface area (Å²) in [6.45, 7) is 4.59. The molecule has 0 unspecified atom stereocenters. The van der Waals surface area contributed by atoms with Gasteiger partial charge in [0.1, 0.15) is 0 Å². The number of hydrogen-bond donors (Lipinski definition) is 0. The summed E-state index contributed by atoms with van der Waals surface area (Å²) < 4.78 is 0. The molecular weight excluding hydrogens is 436 g/mol. The van der Waals surface area contributed by atoms with Crippen molar-refractivity contribution < 1.29 is 4.79 Å². The second-order valence-corrected chi connectivity index (χ2v) is 12.1. The van der Waals surface area contributed by atoms with Crippen LogP contribution in [0.25, 0.3) is 0 Å². The second-order valence-electron chi connectivity index (χ2n) is 12.1. The number of ketones is 1. The van der Waals surface area contributed by atoms with Gasteiger partial charge in [0.05, 0.1) is 0 Å². The molecule has 2 fully saturated rings. The second kappa shape index (κ2) is 13.1. The van der Waals surface area contributed by atoms with Crippen molar-refractivity contribution in [2.24, 2.45) is 0 Å². The van der Waals surface area contributed by atoms with E-state index in [1.54, 1.807) is 0 Å². The maximum atomic E-state index is 13.4. The number of carbonyl (C=O) groups is 1. The average Bonchev–Trinajstić information content (AvgIpc) is 2.94. The third-order valence-corrected chi connectivity index (χ3v) is 9.66. The van der Waals surface area contributed by atoms with Crippen LogP contribution in [0, 0.1) is 0 Å². The van der Waals surface area contributed by atoms with E-state index in [0.717, 1.165) is 11.1 Å². The Hall–Kier alpha value is -1.89. The SMILES string of the molecule is CCCCCC1(c2ccc(C(=O)c3ccc(C4(CCCCC)CCCCC4)cc3)cc2)CCCCC1. The number of carbonyl (C=O) groups excluding carboxylic acids is 1. The first-order chi connectivity index (χ1) is 17.6. The molecule has 0 aliphatic heterocycles. The Kier molecular flexibility index (Phi) is 9.86. The maximum absolute atomic E-state index is 13.4. The van der Waals surface area contributed by atoms with Crippen LogP contribution in [0.1, 0.15) is 156 Å². The van der Waals surface area contributed by atoms with Gasteiger partial charge in [-0.3, -0.25) is 4.79 Å². The van der Waals surface area contributed by atoms with Crippen LogP contribution in [-0.2, 0) is 10.8 Å². The maximum Gasteiger partial charge on any atom is 0.193 e. The van der Waals surface area contributed by atoms with Crippen LogP contribution in [0.3, 0.4) is 0 Å². The van der Waals surface area contributed by atoms with Gasteiger partial charge in [0.25, 0.3) is 0 Å². The first-order valence-electron chi connectivity index (χ1n) is 15.4. The summed E-state index contributed by atoms with van der Waals surface area (Å²) >= 11 is 0. The van der Waals surface area contributed by atoms with Gasteiger partial charge in [0, 0.05) is 11.1 Å². The van der Waals surface area contributed by atoms with Gasteiger partial charge in [0.2, 0.25) is 0 Å². The van der Waals surface area contributed by atoms with E-state index in [9.17, 15) is 4.79 Å². The normalized spacial score (nSPS) is 19.2. The lowest BCUT2D eigenvalue weighted by Gasteiger charge is -2.38. The number of benzene rings is 2. The molecule has 4 rings (SSSR count). The minimum atomic E-state index is 0.167. The Morgan fingerprint density at radius 2 is 0.917 bits per heavy atom. The van der Waals surface area contributed by atoms with Crippen LogP contribution >= 0.6 is 0 Å². The van der Waals surface area contributed by atoms with Crippen molar-refractivity contribution in [3.63, 3.8) is 0 Å². The van der Waals surface area contributed by atoms with Gasteiger partial charge in [-0.1, -0.05) is 139 Å². The van der Waals surface area contributed by atoms with E-state index in [1.807, 2.05) is 0 Å². The van der Waals surface area contributed by atoms with Gasteiger partial charge < -0.3 is 0 Å². The molecular formula is C35H50O. The summed E-state index contributed by atoms with van der Waals surface area (Å²) in [5, 5.41) is 0. The third kappa shape index (κ3) is 6.32. The molecule has 0 spiro atoms. The van der Waals surface area contributed by atoms with E-state index in [0.29, 0.717) is 10.8 Å². The van der Waals surface area contributed by atoms with Gasteiger partial charge in [-0.15, -0.1) is 0 Å². The van der Waals surface area contributed by atoms with Crippen molar-refractivity contribution >= 4 is 5.78 Å². The average molecular weight is 487 g/mol. The van der Waals surface area contributed by atoms with Crippen LogP contribution in [0.4, 0.5) is 0 Å². The Labute approximate surface area is 221 Å². The van der Waals surface area contributed by atoms with Crippen molar-refractivity contribution in [3.05, 3.63) is 70.8 Å². The predicted molar refractivity (Wildman–Crippen MR) is 154 cm³/mol. The lowest BCUT2D eigenvalue weighted by molar-refractivity contribution is 0.103. The van der Waals surface area contributed by atoms with Crippen LogP contribution in [-0.4, -0.2) is 5.78 Å². The first kappa shape index (κ1) is 27.2. The Bertz CT molecular complexity index is 846. The molecule has 196 valence electrons. The van der Waals surface area contributed by atoms with Gasteiger partial charge >= 0.3 is 0 Å². The minimum absolute atomic E-state index is 0.167. The Balaban J connectivity index is 1.48. The van der Waals surface area contributed by atoms with E-state index in [-0.39, 0.29) is 5.78 Å². The van der Waals surface area contributed by atoms with Crippen LogP contribution < -0.4 is 0 Å². The molecule has 2 aromatic carbocycles. The molecule has 2 saturated carbocycles. The zero-order valence-corrected chi connectivity index (χ0v) is 23.3. The molecule has 0 radical (unpaired) electrons. The van der Waals surface area contributed by atoms with Gasteiger partial charge in [-0.05, 0) is 60.5 Å². The number of hydrogen-bond acceptors (Lipinski definition) is 1. The first-order valence-corrected chi connectivity index (χ1v) is 15.4. The molecule has 0 atom stereocenters. The lowest BCUT2D eigenvalue weighted by Crippen LogP contribution is -2.29. The zero-order valence-electron chi connectivity index (χ0n) is 23.3. The molecule has 2 aliphatic carbocycles. The molecule has 0 amide bonds. The van der Waals surface area contributed by atoms with Crippen molar-refractivity contribution in [1.29, 1.82) is 0 Å². The molecule has 0 saturated heterocycles. The number of rotatable bonds is 12. The molecule has 0 aromatic heterocycles. The third-order valence-electron chi connectivity index (χ3n) is 9.66. The van der Waals surface area contributed by atoms with Gasteiger partial charge in [0.15, 0.2) is 5.78 Å². The van der Waals surface area contributed by atoms with E-state index >= 15 is 0 Å². The molecule has 0 heterocycles. The van der Waals surface area contributed by atoms with Crippen LogP contribution in [0.5, 0.6) is 0 Å². The van der Waals surface area contributed by atoms with E-state index in [4.69, 9.17) is 0 Å². The highest BCUT2D eigenvalue weighted by Gasteiger charge is 2.34. The lowest BCUT2D eigenvalue weighted by atomic mass is 9.66. The van der Waals surface area contributed by atoms with Gasteiger partial charge in [-0.25, -0.2) is 0 Å². The summed E-state index contributed by atoms with van der Waals surface area (Å²) in [5.41, 5.74) is 5.28.